The van der Waals surface area contributed by atoms with Crippen LogP contribution in [-0.4, -0.2) is 55.9 Å². The predicted octanol–water partition coefficient (Wildman–Crippen LogP) is -1.27. The van der Waals surface area contributed by atoms with E-state index in [-0.39, 0.29) is 25.8 Å². The lowest BCUT2D eigenvalue weighted by molar-refractivity contribution is -0.146. The normalized spacial score (nSPS) is 19.8. The van der Waals surface area contributed by atoms with Gasteiger partial charge in [0.05, 0.1) is 12.4 Å². The van der Waals surface area contributed by atoms with Crippen molar-refractivity contribution in [3.05, 3.63) is 0 Å². The van der Waals surface area contributed by atoms with E-state index in [4.69, 9.17) is 9.84 Å². The Morgan fingerprint density at radius 1 is 1.62 bits per heavy atom. The van der Waals surface area contributed by atoms with E-state index in [0.717, 1.165) is 6.26 Å². The van der Waals surface area contributed by atoms with Crippen LogP contribution in [0.1, 0.15) is 0 Å². The van der Waals surface area contributed by atoms with E-state index in [2.05, 4.69) is 0 Å². The summed E-state index contributed by atoms with van der Waals surface area (Å²) < 4.78 is 27.8. The van der Waals surface area contributed by atoms with Crippen LogP contribution in [0.2, 0.25) is 0 Å². The van der Waals surface area contributed by atoms with Crippen LogP contribution in [0.4, 0.5) is 0 Å². The van der Waals surface area contributed by atoms with E-state index in [1.54, 1.807) is 0 Å². The SMILES string of the molecule is CS(=O)(=O)N1CC(OCC(=O)O)C1. The summed E-state index contributed by atoms with van der Waals surface area (Å²) in [7, 11) is -3.13. The molecule has 0 unspecified atom stereocenters. The molecule has 1 N–H and O–H groups in total. The fourth-order valence-electron chi connectivity index (χ4n) is 0.966. The summed E-state index contributed by atoms with van der Waals surface area (Å²) >= 11 is 0. The number of carboxylic acids is 1. The van der Waals surface area contributed by atoms with Gasteiger partial charge in [0.1, 0.15) is 6.61 Å². The van der Waals surface area contributed by atoms with Crippen LogP contribution in [0.15, 0.2) is 0 Å². The molecule has 1 rings (SSSR count). The number of hydrogen-bond acceptors (Lipinski definition) is 4. The number of aliphatic carboxylic acids is 1. The molecule has 0 aromatic carbocycles. The summed E-state index contributed by atoms with van der Waals surface area (Å²) in [4.78, 5) is 10.1. The highest BCUT2D eigenvalue weighted by atomic mass is 32.2. The van der Waals surface area contributed by atoms with Crippen molar-refractivity contribution in [2.45, 2.75) is 6.10 Å². The predicted molar refractivity (Wildman–Crippen MR) is 43.8 cm³/mol. The minimum absolute atomic E-state index is 0.256. The molecule has 0 amide bonds. The molecule has 0 bridgehead atoms. The van der Waals surface area contributed by atoms with E-state index in [1.807, 2.05) is 0 Å². The number of rotatable bonds is 4. The molecule has 1 heterocycles. The molecule has 0 spiro atoms. The van der Waals surface area contributed by atoms with Crippen LogP contribution in [0, 0.1) is 0 Å². The van der Waals surface area contributed by atoms with Gasteiger partial charge in [-0.15, -0.1) is 0 Å². The van der Waals surface area contributed by atoms with E-state index < -0.39 is 16.0 Å². The first kappa shape index (κ1) is 10.4. The maximum absolute atomic E-state index is 10.9. The van der Waals surface area contributed by atoms with Gasteiger partial charge in [-0.3, -0.25) is 0 Å². The molecule has 0 aromatic rings. The Bertz CT molecular complexity index is 292. The lowest BCUT2D eigenvalue weighted by Gasteiger charge is -2.36. The topological polar surface area (TPSA) is 83.9 Å². The Kier molecular flexibility index (Phi) is 2.89. The average molecular weight is 209 g/mol. The highest BCUT2D eigenvalue weighted by Crippen LogP contribution is 2.14. The molecule has 1 saturated heterocycles. The van der Waals surface area contributed by atoms with Gasteiger partial charge >= 0.3 is 5.97 Å². The number of carbonyl (C=O) groups is 1. The first-order chi connectivity index (χ1) is 5.89. The highest BCUT2D eigenvalue weighted by molar-refractivity contribution is 7.88. The second kappa shape index (κ2) is 3.60. The zero-order valence-electron chi connectivity index (χ0n) is 7.13. The fraction of sp³-hybridized carbons (Fsp3) is 0.833. The van der Waals surface area contributed by atoms with Crippen molar-refractivity contribution in [1.82, 2.24) is 4.31 Å². The van der Waals surface area contributed by atoms with Crippen molar-refractivity contribution in [2.75, 3.05) is 26.0 Å². The summed E-state index contributed by atoms with van der Waals surface area (Å²) in [6, 6.07) is 0. The van der Waals surface area contributed by atoms with Crippen LogP contribution in [-0.2, 0) is 19.6 Å². The molecule has 13 heavy (non-hydrogen) atoms. The fourth-order valence-corrected chi connectivity index (χ4v) is 1.84. The molecule has 0 aromatic heterocycles. The van der Waals surface area contributed by atoms with Crippen molar-refractivity contribution >= 4 is 16.0 Å². The minimum atomic E-state index is -3.13. The molecule has 1 fully saturated rings. The van der Waals surface area contributed by atoms with E-state index in [0.29, 0.717) is 0 Å². The molecule has 1 aliphatic rings. The monoisotopic (exact) mass is 209 g/mol. The molecular weight excluding hydrogens is 198 g/mol. The van der Waals surface area contributed by atoms with Gasteiger partial charge in [0.15, 0.2) is 0 Å². The van der Waals surface area contributed by atoms with Crippen molar-refractivity contribution < 1.29 is 23.1 Å². The Morgan fingerprint density at radius 2 is 2.15 bits per heavy atom. The third-order valence-corrected chi connectivity index (χ3v) is 2.96. The van der Waals surface area contributed by atoms with Crippen LogP contribution >= 0.6 is 0 Å². The maximum atomic E-state index is 10.9. The zero-order chi connectivity index (χ0) is 10.1. The molecule has 76 valence electrons. The largest absolute Gasteiger partial charge is 0.480 e. The van der Waals surface area contributed by atoms with Crippen LogP contribution < -0.4 is 0 Å². The van der Waals surface area contributed by atoms with E-state index in [9.17, 15) is 13.2 Å². The van der Waals surface area contributed by atoms with Crippen molar-refractivity contribution in [3.63, 3.8) is 0 Å². The third kappa shape index (κ3) is 2.94. The zero-order valence-corrected chi connectivity index (χ0v) is 7.95. The quantitative estimate of drug-likeness (QED) is 0.624. The Morgan fingerprint density at radius 3 is 2.54 bits per heavy atom. The first-order valence-corrected chi connectivity index (χ1v) is 5.53. The molecular formula is C6H11NO5S. The second-order valence-corrected chi connectivity index (χ2v) is 4.89. The van der Waals surface area contributed by atoms with Gasteiger partial charge in [0, 0.05) is 13.1 Å². The van der Waals surface area contributed by atoms with Gasteiger partial charge in [0.2, 0.25) is 10.0 Å². The van der Waals surface area contributed by atoms with E-state index >= 15 is 0 Å². The highest BCUT2D eigenvalue weighted by Gasteiger charge is 2.33. The van der Waals surface area contributed by atoms with Gasteiger partial charge in [0.25, 0.3) is 0 Å². The van der Waals surface area contributed by atoms with Crippen LogP contribution in [0.3, 0.4) is 0 Å². The summed E-state index contributed by atoms with van der Waals surface area (Å²) in [6.07, 6.45) is 0.839. The van der Waals surface area contributed by atoms with Crippen molar-refractivity contribution in [2.24, 2.45) is 0 Å². The number of sulfonamides is 1. The summed E-state index contributed by atoms with van der Waals surface area (Å²) in [5, 5.41) is 8.25. The van der Waals surface area contributed by atoms with Gasteiger partial charge in [-0.2, -0.15) is 4.31 Å². The maximum Gasteiger partial charge on any atom is 0.329 e. The van der Waals surface area contributed by atoms with Gasteiger partial charge in [-0.25, -0.2) is 13.2 Å². The minimum Gasteiger partial charge on any atom is -0.480 e. The number of hydrogen-bond donors (Lipinski definition) is 1. The van der Waals surface area contributed by atoms with Crippen LogP contribution in [0.25, 0.3) is 0 Å². The number of nitrogens with zero attached hydrogens (tertiary/aromatic N) is 1. The summed E-state index contributed by atoms with van der Waals surface area (Å²) in [5.41, 5.74) is 0. The third-order valence-electron chi connectivity index (χ3n) is 1.73. The molecule has 6 nitrogen and oxygen atoms in total. The standard InChI is InChI=1S/C6H11NO5S/c1-13(10,11)7-2-5(3-7)12-4-6(8)9/h5H,2-4H2,1H3,(H,8,9). The molecule has 0 radical (unpaired) electrons. The Labute approximate surface area is 76.1 Å². The lowest BCUT2D eigenvalue weighted by Crippen LogP contribution is -2.54. The smallest absolute Gasteiger partial charge is 0.329 e. The van der Waals surface area contributed by atoms with Crippen molar-refractivity contribution in [1.29, 1.82) is 0 Å². The van der Waals surface area contributed by atoms with E-state index in [1.165, 1.54) is 4.31 Å². The van der Waals surface area contributed by atoms with Gasteiger partial charge in [-0.05, 0) is 0 Å². The van der Waals surface area contributed by atoms with Crippen molar-refractivity contribution in [3.8, 4) is 0 Å². The Hall–Kier alpha value is -0.660. The van der Waals surface area contributed by atoms with Gasteiger partial charge < -0.3 is 9.84 Å². The lowest BCUT2D eigenvalue weighted by atomic mass is 10.2. The number of ether oxygens (including phenoxy) is 1. The van der Waals surface area contributed by atoms with Gasteiger partial charge in [-0.1, -0.05) is 0 Å². The molecule has 7 heteroatoms. The first-order valence-electron chi connectivity index (χ1n) is 3.68. The molecule has 0 aliphatic carbocycles. The summed E-state index contributed by atoms with van der Waals surface area (Å²) in [6.45, 7) is 0.139. The number of carboxylic acid groups (broad SMARTS) is 1. The molecule has 0 atom stereocenters. The average Bonchev–Trinajstić information content (AvgIpc) is 1.79. The molecule has 0 saturated carbocycles. The Balaban J connectivity index is 2.23. The molecule has 1 aliphatic heterocycles. The van der Waals surface area contributed by atoms with Crippen LogP contribution in [0.5, 0.6) is 0 Å². The summed E-state index contributed by atoms with van der Waals surface area (Å²) in [5.74, 6) is -1.04. The second-order valence-electron chi connectivity index (χ2n) is 2.91.